The third-order valence-electron chi connectivity index (χ3n) is 4.29. The average molecular weight is 268 g/mol. The van der Waals surface area contributed by atoms with E-state index in [0.29, 0.717) is 0 Å². The predicted molar refractivity (Wildman–Crippen MR) is 90.8 cm³/mol. The fourth-order valence-corrected chi connectivity index (χ4v) is 3.46. The molecular formula is C20H28. The van der Waals surface area contributed by atoms with E-state index < -0.39 is 0 Å². The van der Waals surface area contributed by atoms with Gasteiger partial charge in [-0.25, -0.2) is 0 Å². The lowest BCUT2D eigenvalue weighted by atomic mass is 9.70. The molecule has 2 aromatic rings. The van der Waals surface area contributed by atoms with E-state index in [4.69, 9.17) is 0 Å². The van der Waals surface area contributed by atoms with Crippen molar-refractivity contribution in [2.45, 2.75) is 66.2 Å². The van der Waals surface area contributed by atoms with Crippen LogP contribution in [-0.2, 0) is 10.8 Å². The van der Waals surface area contributed by atoms with Crippen molar-refractivity contribution < 1.29 is 0 Å². The van der Waals surface area contributed by atoms with E-state index in [1.165, 1.54) is 33.0 Å². The number of rotatable bonds is 0. The van der Waals surface area contributed by atoms with E-state index in [0.717, 1.165) is 0 Å². The lowest BCUT2D eigenvalue weighted by Gasteiger charge is -2.34. The Hall–Kier alpha value is -1.30. The summed E-state index contributed by atoms with van der Waals surface area (Å²) in [6, 6.07) is 8.87. The van der Waals surface area contributed by atoms with Gasteiger partial charge in [0.25, 0.3) is 0 Å². The van der Waals surface area contributed by atoms with Crippen LogP contribution < -0.4 is 0 Å². The van der Waals surface area contributed by atoms with Crippen LogP contribution in [-0.4, -0.2) is 0 Å². The van der Waals surface area contributed by atoms with Crippen LogP contribution in [0.25, 0.3) is 10.8 Å². The van der Waals surface area contributed by atoms with Crippen molar-refractivity contribution in [2.75, 3.05) is 0 Å². The zero-order valence-corrected chi connectivity index (χ0v) is 14.3. The Balaban J connectivity index is 3.09. The Morgan fingerprint density at radius 2 is 1.05 bits per heavy atom. The molecule has 0 radical (unpaired) electrons. The van der Waals surface area contributed by atoms with Gasteiger partial charge in [-0.2, -0.15) is 0 Å². The average Bonchev–Trinajstić information content (AvgIpc) is 2.30. The highest BCUT2D eigenvalue weighted by Gasteiger charge is 2.29. The molecule has 0 amide bonds. The van der Waals surface area contributed by atoms with Crippen LogP contribution >= 0.6 is 0 Å². The molecule has 0 heteroatoms. The molecule has 0 spiro atoms. The number of benzene rings is 2. The molecule has 2 rings (SSSR count). The number of aryl methyl sites for hydroxylation is 1. The smallest absolute Gasteiger partial charge is 0.0123 e. The largest absolute Gasteiger partial charge is 0.0616 e. The Morgan fingerprint density at radius 1 is 0.600 bits per heavy atom. The second-order valence-electron chi connectivity index (χ2n) is 8.05. The number of hydrogen-bond acceptors (Lipinski definition) is 0. The topological polar surface area (TPSA) is 0 Å². The van der Waals surface area contributed by atoms with Crippen molar-refractivity contribution in [3.63, 3.8) is 0 Å². The van der Waals surface area contributed by atoms with E-state index in [-0.39, 0.29) is 10.8 Å². The highest BCUT2D eigenvalue weighted by molar-refractivity contribution is 5.92. The fraction of sp³-hybridized carbons (Fsp3) is 0.500. The first-order valence-corrected chi connectivity index (χ1v) is 7.58. The van der Waals surface area contributed by atoms with Crippen molar-refractivity contribution in [3.8, 4) is 0 Å². The standard InChI is InChI=1S/C20H28/c1-13-14(2)17(19(3,4)5)18(20(6,7)8)16-12-10-9-11-15(13)16/h9-12H,1-8H3. The Kier molecular flexibility index (Phi) is 3.48. The molecule has 0 heterocycles. The van der Waals surface area contributed by atoms with Crippen LogP contribution in [0.5, 0.6) is 0 Å². The van der Waals surface area contributed by atoms with Crippen molar-refractivity contribution >= 4 is 10.8 Å². The molecule has 0 unspecified atom stereocenters. The summed E-state index contributed by atoms with van der Waals surface area (Å²) < 4.78 is 0. The van der Waals surface area contributed by atoms with Crippen LogP contribution in [0.3, 0.4) is 0 Å². The van der Waals surface area contributed by atoms with E-state index in [2.05, 4.69) is 79.7 Å². The Labute approximate surface area is 124 Å². The monoisotopic (exact) mass is 268 g/mol. The van der Waals surface area contributed by atoms with Crippen LogP contribution in [0.4, 0.5) is 0 Å². The van der Waals surface area contributed by atoms with Gasteiger partial charge in [0, 0.05) is 0 Å². The maximum Gasteiger partial charge on any atom is -0.0123 e. The molecule has 0 aliphatic heterocycles. The van der Waals surface area contributed by atoms with E-state index in [1.54, 1.807) is 0 Å². The minimum atomic E-state index is 0.153. The molecule has 108 valence electrons. The van der Waals surface area contributed by atoms with Crippen LogP contribution in [0.15, 0.2) is 24.3 Å². The summed E-state index contributed by atoms with van der Waals surface area (Å²) in [5.41, 5.74) is 6.26. The van der Waals surface area contributed by atoms with Gasteiger partial charge in [-0.05, 0) is 57.7 Å². The van der Waals surface area contributed by atoms with Crippen molar-refractivity contribution in [2.24, 2.45) is 0 Å². The Morgan fingerprint density at radius 3 is 1.50 bits per heavy atom. The molecule has 0 saturated heterocycles. The molecule has 20 heavy (non-hydrogen) atoms. The summed E-state index contributed by atoms with van der Waals surface area (Å²) in [6.07, 6.45) is 0. The van der Waals surface area contributed by atoms with E-state index >= 15 is 0 Å². The Bertz CT molecular complexity index is 646. The molecule has 0 nitrogen and oxygen atoms in total. The molecule has 2 aromatic carbocycles. The normalized spacial score (nSPS) is 13.0. The molecule has 0 saturated carbocycles. The molecule has 0 N–H and O–H groups in total. The van der Waals surface area contributed by atoms with Gasteiger partial charge in [0.1, 0.15) is 0 Å². The maximum atomic E-state index is 2.33. The first-order valence-electron chi connectivity index (χ1n) is 7.58. The molecule has 0 aliphatic rings. The predicted octanol–water partition coefficient (Wildman–Crippen LogP) is 6.05. The molecular weight excluding hydrogens is 240 g/mol. The van der Waals surface area contributed by atoms with Gasteiger partial charge in [-0.1, -0.05) is 65.8 Å². The lowest BCUT2D eigenvalue weighted by Crippen LogP contribution is -2.24. The SMILES string of the molecule is Cc1c(C(C)(C)C)c(C(C)(C)C)c2ccccc2c1C. The minimum Gasteiger partial charge on any atom is -0.0616 e. The highest BCUT2D eigenvalue weighted by atomic mass is 14.3. The summed E-state index contributed by atoms with van der Waals surface area (Å²) in [4.78, 5) is 0. The van der Waals surface area contributed by atoms with E-state index in [9.17, 15) is 0 Å². The summed E-state index contributed by atoms with van der Waals surface area (Å²) in [5, 5.41) is 2.83. The second-order valence-corrected chi connectivity index (χ2v) is 8.05. The van der Waals surface area contributed by atoms with Gasteiger partial charge >= 0.3 is 0 Å². The first kappa shape index (κ1) is 15.1. The van der Waals surface area contributed by atoms with Crippen LogP contribution in [0.1, 0.15) is 63.8 Å². The molecule has 0 aliphatic carbocycles. The highest BCUT2D eigenvalue weighted by Crippen LogP contribution is 2.42. The summed E-state index contributed by atoms with van der Waals surface area (Å²) in [7, 11) is 0. The van der Waals surface area contributed by atoms with Crippen LogP contribution in [0, 0.1) is 13.8 Å². The van der Waals surface area contributed by atoms with Gasteiger partial charge in [0.15, 0.2) is 0 Å². The second kappa shape index (κ2) is 4.62. The molecule has 0 aromatic heterocycles. The first-order chi connectivity index (χ1) is 9.05. The molecule has 0 atom stereocenters. The molecule has 0 bridgehead atoms. The third kappa shape index (κ3) is 2.37. The van der Waals surface area contributed by atoms with Crippen LogP contribution in [0.2, 0.25) is 0 Å². The van der Waals surface area contributed by atoms with E-state index in [1.807, 2.05) is 0 Å². The number of hydrogen-bond donors (Lipinski definition) is 0. The lowest BCUT2D eigenvalue weighted by molar-refractivity contribution is 0.531. The number of fused-ring (bicyclic) bond motifs is 1. The van der Waals surface area contributed by atoms with Gasteiger partial charge in [0.05, 0.1) is 0 Å². The van der Waals surface area contributed by atoms with Gasteiger partial charge < -0.3 is 0 Å². The quantitative estimate of drug-likeness (QED) is 0.545. The third-order valence-corrected chi connectivity index (χ3v) is 4.29. The summed E-state index contributed by atoms with van der Waals surface area (Å²) in [5.74, 6) is 0. The maximum absolute atomic E-state index is 2.33. The van der Waals surface area contributed by atoms with Gasteiger partial charge in [0.2, 0.25) is 0 Å². The zero-order chi connectivity index (χ0) is 15.3. The van der Waals surface area contributed by atoms with Crippen molar-refractivity contribution in [1.82, 2.24) is 0 Å². The van der Waals surface area contributed by atoms with Gasteiger partial charge in [-0.3, -0.25) is 0 Å². The summed E-state index contributed by atoms with van der Waals surface area (Å²) >= 11 is 0. The molecule has 0 fully saturated rings. The van der Waals surface area contributed by atoms with Crippen molar-refractivity contribution in [3.05, 3.63) is 46.5 Å². The van der Waals surface area contributed by atoms with Crippen molar-refractivity contribution in [1.29, 1.82) is 0 Å². The van der Waals surface area contributed by atoms with Gasteiger partial charge in [-0.15, -0.1) is 0 Å². The minimum absolute atomic E-state index is 0.153. The fourth-order valence-electron chi connectivity index (χ4n) is 3.46. The summed E-state index contributed by atoms with van der Waals surface area (Å²) in [6.45, 7) is 18.5. The zero-order valence-electron chi connectivity index (χ0n) is 14.3.